The molecule has 3 aromatic rings. The lowest BCUT2D eigenvalue weighted by atomic mass is 10.0. The Morgan fingerprint density at radius 3 is 2.50 bits per heavy atom. The molecule has 2 aromatic carbocycles. The van der Waals surface area contributed by atoms with Crippen LogP contribution in [0.4, 0.5) is 18.9 Å². The van der Waals surface area contributed by atoms with E-state index in [4.69, 9.17) is 14.9 Å². The Hall–Kier alpha value is -3.53. The third kappa shape index (κ3) is 5.88. The van der Waals surface area contributed by atoms with Crippen molar-refractivity contribution in [2.75, 3.05) is 5.32 Å². The number of rotatable bonds is 8. The average Bonchev–Trinajstić information content (AvgIpc) is 2.75. The summed E-state index contributed by atoms with van der Waals surface area (Å²) in [4.78, 5) is 25.5. The Morgan fingerprint density at radius 2 is 1.88 bits per heavy atom. The van der Waals surface area contributed by atoms with E-state index in [1.165, 1.54) is 18.2 Å². The van der Waals surface area contributed by atoms with Crippen LogP contribution in [0.1, 0.15) is 48.7 Å². The fourth-order valence-electron chi connectivity index (χ4n) is 3.43. The predicted molar refractivity (Wildman–Crippen MR) is 121 cm³/mol. The van der Waals surface area contributed by atoms with Crippen molar-refractivity contribution < 1.29 is 31.9 Å². The number of carbonyl (C=O) groups excluding carboxylic acids is 1. The second-order valence-electron chi connectivity index (χ2n) is 7.86. The topological polar surface area (TPSA) is 104 Å². The lowest BCUT2D eigenvalue weighted by Gasteiger charge is -2.16. The fourth-order valence-corrected chi connectivity index (χ4v) is 3.43. The van der Waals surface area contributed by atoms with Crippen LogP contribution in [0.2, 0.25) is 0 Å². The SMILES string of the molecule is CCCc1c(OC(C)C)ccc2cc(C(=O)Nc3ccc(CN)cc3OC(F)(F)F)c(=O)oc12. The summed E-state index contributed by atoms with van der Waals surface area (Å²) >= 11 is 0. The van der Waals surface area contributed by atoms with Crippen molar-refractivity contribution in [2.45, 2.75) is 52.6 Å². The smallest absolute Gasteiger partial charge is 0.491 e. The highest BCUT2D eigenvalue weighted by atomic mass is 19.4. The van der Waals surface area contributed by atoms with Crippen molar-refractivity contribution in [1.29, 1.82) is 0 Å². The number of halogens is 3. The molecule has 10 heteroatoms. The molecule has 0 atom stereocenters. The van der Waals surface area contributed by atoms with E-state index in [9.17, 15) is 22.8 Å². The molecular formula is C24H25F3N2O5. The van der Waals surface area contributed by atoms with Gasteiger partial charge in [0, 0.05) is 17.5 Å². The van der Waals surface area contributed by atoms with Gasteiger partial charge in [0.15, 0.2) is 5.75 Å². The molecule has 0 aliphatic heterocycles. The first-order chi connectivity index (χ1) is 16.0. The molecule has 3 rings (SSSR count). The summed E-state index contributed by atoms with van der Waals surface area (Å²) < 4.78 is 53.8. The Labute approximate surface area is 193 Å². The Balaban J connectivity index is 2.01. The average molecular weight is 478 g/mol. The maximum atomic E-state index is 12.8. The summed E-state index contributed by atoms with van der Waals surface area (Å²) in [6.07, 6.45) is -3.73. The van der Waals surface area contributed by atoms with E-state index in [0.717, 1.165) is 12.5 Å². The molecule has 1 heterocycles. The van der Waals surface area contributed by atoms with Gasteiger partial charge < -0.3 is 24.9 Å². The molecule has 1 amide bonds. The van der Waals surface area contributed by atoms with E-state index in [-0.39, 0.29) is 23.9 Å². The predicted octanol–water partition coefficient (Wildman–Crippen LogP) is 5.14. The largest absolute Gasteiger partial charge is 0.573 e. The van der Waals surface area contributed by atoms with Gasteiger partial charge in [-0.15, -0.1) is 13.2 Å². The molecule has 0 radical (unpaired) electrons. The quantitative estimate of drug-likeness (QED) is 0.435. The number of carbonyl (C=O) groups is 1. The van der Waals surface area contributed by atoms with Crippen molar-refractivity contribution in [1.82, 2.24) is 0 Å². The monoisotopic (exact) mass is 478 g/mol. The zero-order chi connectivity index (χ0) is 25.0. The number of hydrogen-bond donors (Lipinski definition) is 2. The summed E-state index contributed by atoms with van der Waals surface area (Å²) in [5, 5.41) is 2.78. The third-order valence-corrected chi connectivity index (χ3v) is 4.83. The molecule has 0 bridgehead atoms. The molecule has 0 saturated heterocycles. The highest BCUT2D eigenvalue weighted by Crippen LogP contribution is 2.33. The molecular weight excluding hydrogens is 453 g/mol. The van der Waals surface area contributed by atoms with Crippen molar-refractivity contribution in [2.24, 2.45) is 5.73 Å². The number of anilines is 1. The van der Waals surface area contributed by atoms with Crippen LogP contribution in [-0.2, 0) is 13.0 Å². The first kappa shape index (κ1) is 25.1. The summed E-state index contributed by atoms with van der Waals surface area (Å²) in [6.45, 7) is 5.69. The number of amides is 1. The molecule has 0 spiro atoms. The highest BCUT2D eigenvalue weighted by molar-refractivity contribution is 6.06. The summed E-state index contributed by atoms with van der Waals surface area (Å²) in [6, 6.07) is 8.45. The van der Waals surface area contributed by atoms with E-state index < -0.39 is 23.6 Å². The molecule has 1 aromatic heterocycles. The fraction of sp³-hybridized carbons (Fsp3) is 0.333. The number of nitrogens with two attached hydrogens (primary N) is 1. The highest BCUT2D eigenvalue weighted by Gasteiger charge is 2.32. The van der Waals surface area contributed by atoms with Gasteiger partial charge in [-0.05, 0) is 56.2 Å². The Kier molecular flexibility index (Phi) is 7.51. The lowest BCUT2D eigenvalue weighted by Crippen LogP contribution is -2.23. The molecule has 0 fully saturated rings. The molecule has 3 N–H and O–H groups in total. The van der Waals surface area contributed by atoms with Crippen LogP contribution in [0.3, 0.4) is 0 Å². The van der Waals surface area contributed by atoms with Crippen LogP contribution in [0.5, 0.6) is 11.5 Å². The lowest BCUT2D eigenvalue weighted by molar-refractivity contribution is -0.274. The summed E-state index contributed by atoms with van der Waals surface area (Å²) in [5.74, 6) is -1.00. The second-order valence-corrected chi connectivity index (χ2v) is 7.86. The number of hydrogen-bond acceptors (Lipinski definition) is 6. The zero-order valence-electron chi connectivity index (χ0n) is 18.9. The van der Waals surface area contributed by atoms with E-state index in [1.54, 1.807) is 12.1 Å². The Bertz CT molecular complexity index is 1250. The van der Waals surface area contributed by atoms with Gasteiger partial charge >= 0.3 is 12.0 Å². The van der Waals surface area contributed by atoms with E-state index in [1.807, 2.05) is 20.8 Å². The molecule has 0 aliphatic rings. The minimum Gasteiger partial charge on any atom is -0.491 e. The van der Waals surface area contributed by atoms with Crippen LogP contribution in [0.15, 0.2) is 45.6 Å². The number of nitrogens with one attached hydrogen (secondary N) is 1. The maximum absolute atomic E-state index is 12.8. The minimum atomic E-state index is -4.99. The number of alkyl halides is 3. The first-order valence-electron chi connectivity index (χ1n) is 10.7. The zero-order valence-corrected chi connectivity index (χ0v) is 18.9. The maximum Gasteiger partial charge on any atom is 0.573 e. The van der Waals surface area contributed by atoms with Crippen molar-refractivity contribution >= 4 is 22.6 Å². The van der Waals surface area contributed by atoms with Gasteiger partial charge in [0.05, 0.1) is 11.8 Å². The van der Waals surface area contributed by atoms with Gasteiger partial charge in [-0.2, -0.15) is 0 Å². The molecule has 182 valence electrons. The van der Waals surface area contributed by atoms with Gasteiger partial charge in [-0.25, -0.2) is 4.79 Å². The van der Waals surface area contributed by atoms with Crippen LogP contribution >= 0.6 is 0 Å². The number of ether oxygens (including phenoxy) is 2. The first-order valence-corrected chi connectivity index (χ1v) is 10.7. The molecule has 0 aliphatic carbocycles. The van der Waals surface area contributed by atoms with Gasteiger partial charge in [0.25, 0.3) is 5.91 Å². The van der Waals surface area contributed by atoms with Crippen molar-refractivity contribution in [3.05, 3.63) is 63.5 Å². The number of benzene rings is 2. The van der Waals surface area contributed by atoms with Crippen LogP contribution in [-0.4, -0.2) is 18.4 Å². The van der Waals surface area contributed by atoms with E-state index in [0.29, 0.717) is 34.3 Å². The molecule has 0 unspecified atom stereocenters. The molecule has 7 nitrogen and oxygen atoms in total. The van der Waals surface area contributed by atoms with Gasteiger partial charge in [0.2, 0.25) is 0 Å². The molecule has 34 heavy (non-hydrogen) atoms. The van der Waals surface area contributed by atoms with Crippen molar-refractivity contribution in [3.63, 3.8) is 0 Å². The Morgan fingerprint density at radius 1 is 1.15 bits per heavy atom. The number of fused-ring (bicyclic) bond motifs is 1. The summed E-state index contributed by atoms with van der Waals surface area (Å²) in [5.41, 5.74) is 5.28. The second kappa shape index (κ2) is 10.2. The van der Waals surface area contributed by atoms with Crippen LogP contribution in [0.25, 0.3) is 11.0 Å². The van der Waals surface area contributed by atoms with Crippen LogP contribution < -0.4 is 26.1 Å². The van der Waals surface area contributed by atoms with Crippen molar-refractivity contribution in [3.8, 4) is 11.5 Å². The van der Waals surface area contributed by atoms with E-state index >= 15 is 0 Å². The summed E-state index contributed by atoms with van der Waals surface area (Å²) in [7, 11) is 0. The minimum absolute atomic E-state index is 0.0285. The molecule has 0 saturated carbocycles. The van der Waals surface area contributed by atoms with Gasteiger partial charge in [-0.3, -0.25) is 4.79 Å². The normalized spacial score (nSPS) is 11.6. The van der Waals surface area contributed by atoms with Crippen LogP contribution in [0, 0.1) is 0 Å². The van der Waals surface area contributed by atoms with Gasteiger partial charge in [0.1, 0.15) is 16.9 Å². The third-order valence-electron chi connectivity index (χ3n) is 4.83. The number of aryl methyl sites for hydroxylation is 1. The van der Waals surface area contributed by atoms with Gasteiger partial charge in [-0.1, -0.05) is 19.4 Å². The standard InChI is InChI=1S/C24H25F3N2O5/c1-4-5-16-19(32-13(2)3)9-7-15-11-17(23(31)33-21(15)16)22(30)29-18-8-6-14(12-28)10-20(18)34-24(25,26)27/h6-11,13H,4-5,12,28H2,1-3H3,(H,29,30). The van der Waals surface area contributed by atoms with E-state index in [2.05, 4.69) is 10.1 Å².